The summed E-state index contributed by atoms with van der Waals surface area (Å²) in [6.07, 6.45) is -2.40. The molecule has 0 N–H and O–H groups in total. The molecule has 2 fully saturated rings. The predicted molar refractivity (Wildman–Crippen MR) is 103 cm³/mol. The van der Waals surface area contributed by atoms with Crippen molar-refractivity contribution in [2.24, 2.45) is 0 Å². The third-order valence-corrected chi connectivity index (χ3v) is 5.70. The summed E-state index contributed by atoms with van der Waals surface area (Å²) in [4.78, 5) is 37.4. The number of hydrogen-bond acceptors (Lipinski definition) is 8. The van der Waals surface area contributed by atoms with Crippen molar-refractivity contribution in [3.8, 4) is 11.5 Å². The van der Waals surface area contributed by atoms with E-state index in [2.05, 4.69) is 0 Å². The molecule has 0 amide bonds. The quantitative estimate of drug-likeness (QED) is 0.548. The topological polar surface area (TPSA) is 83.5 Å². The Labute approximate surface area is 173 Å². The molecule has 8 heteroatoms. The van der Waals surface area contributed by atoms with Gasteiger partial charge in [0.1, 0.15) is 17.5 Å². The van der Waals surface area contributed by atoms with E-state index in [-0.39, 0.29) is 18.3 Å². The number of methoxy groups -OCH3 is 1. The van der Waals surface area contributed by atoms with Crippen molar-refractivity contribution in [2.75, 3.05) is 13.7 Å². The molecule has 2 aromatic carbocycles. The van der Waals surface area contributed by atoms with Crippen molar-refractivity contribution in [1.29, 1.82) is 0 Å². The van der Waals surface area contributed by atoms with Crippen LogP contribution < -0.4 is 9.47 Å². The minimum absolute atomic E-state index is 0.177. The van der Waals surface area contributed by atoms with Gasteiger partial charge in [0.15, 0.2) is 18.0 Å². The first kappa shape index (κ1) is 19.0. The number of fused-ring (bicyclic) bond motifs is 2. The van der Waals surface area contributed by atoms with Gasteiger partial charge in [0.05, 0.1) is 13.7 Å². The number of ether oxygens (including phenoxy) is 3. The zero-order valence-corrected chi connectivity index (χ0v) is 16.5. The van der Waals surface area contributed by atoms with Crippen molar-refractivity contribution in [2.45, 2.75) is 37.2 Å². The van der Waals surface area contributed by atoms with E-state index < -0.39 is 30.3 Å². The second-order valence-electron chi connectivity index (χ2n) is 7.32. The summed E-state index contributed by atoms with van der Waals surface area (Å²) in [5.41, 5.74) is 1.35. The highest BCUT2D eigenvalue weighted by Crippen LogP contribution is 2.50. The highest BCUT2D eigenvalue weighted by Gasteiger charge is 2.64. The first-order valence-corrected chi connectivity index (χ1v) is 9.85. The molecule has 0 saturated carbocycles. The fourth-order valence-electron chi connectivity index (χ4n) is 4.35. The number of nitrogens with zero attached hydrogens (tertiary/aromatic N) is 1. The lowest BCUT2D eigenvalue weighted by atomic mass is 9.79. The van der Waals surface area contributed by atoms with Gasteiger partial charge >= 0.3 is 5.97 Å². The normalized spacial score (nSPS) is 28.9. The maximum Gasteiger partial charge on any atom is 0.341 e. The van der Waals surface area contributed by atoms with Gasteiger partial charge in [0.25, 0.3) is 0 Å². The van der Waals surface area contributed by atoms with E-state index in [1.807, 2.05) is 24.3 Å². The fourth-order valence-corrected chi connectivity index (χ4v) is 4.35. The average molecular weight is 411 g/mol. The highest BCUT2D eigenvalue weighted by atomic mass is 17.0. The van der Waals surface area contributed by atoms with Gasteiger partial charge < -0.3 is 14.2 Å². The lowest BCUT2D eigenvalue weighted by Crippen LogP contribution is -2.48. The standard InChI is InChI=1S/C22H21NO7/c1-3-27-22(25)21-20-17-16(14-6-4-5-7-15(14)28-20)19(29-23(17)30-21)18(24)12-8-10-13(26-2)11-9-12/h4-11,16-17,19-21H,3H2,1-2H3/t16-,17-,19-,20+,21+/m0/s1. The summed E-state index contributed by atoms with van der Waals surface area (Å²) >= 11 is 0. The molecular weight excluding hydrogens is 390 g/mol. The van der Waals surface area contributed by atoms with Crippen LogP contribution in [0.1, 0.15) is 28.8 Å². The largest absolute Gasteiger partial charge is 0.497 e. The SMILES string of the molecule is CCOC(=O)[C@@H]1ON2O[C@H](C(=O)c3ccc(OC)cc3)[C@H]3c4ccccc4O[C@@H]1[C@H]32. The van der Waals surface area contributed by atoms with Crippen LogP contribution in [-0.2, 0) is 19.2 Å². The molecule has 30 heavy (non-hydrogen) atoms. The molecular formula is C22H21NO7. The molecule has 0 radical (unpaired) electrons. The van der Waals surface area contributed by atoms with Crippen LogP contribution >= 0.6 is 0 Å². The fraction of sp³-hybridized carbons (Fsp3) is 0.364. The third-order valence-electron chi connectivity index (χ3n) is 5.70. The van der Waals surface area contributed by atoms with Gasteiger partial charge in [0, 0.05) is 17.0 Å². The van der Waals surface area contributed by atoms with Gasteiger partial charge in [-0.25, -0.2) is 4.79 Å². The minimum Gasteiger partial charge on any atom is -0.497 e. The van der Waals surface area contributed by atoms with E-state index in [9.17, 15) is 9.59 Å². The monoisotopic (exact) mass is 411 g/mol. The zero-order valence-electron chi connectivity index (χ0n) is 16.5. The maximum atomic E-state index is 13.3. The van der Waals surface area contributed by atoms with E-state index in [1.54, 1.807) is 38.3 Å². The minimum atomic E-state index is -0.956. The van der Waals surface area contributed by atoms with Crippen LogP contribution in [0.4, 0.5) is 0 Å². The molecule has 2 saturated heterocycles. The lowest BCUT2D eigenvalue weighted by molar-refractivity contribution is -0.347. The Morgan fingerprint density at radius 1 is 1.03 bits per heavy atom. The summed E-state index contributed by atoms with van der Waals surface area (Å²) in [7, 11) is 1.57. The summed E-state index contributed by atoms with van der Waals surface area (Å²) in [5.74, 6) is 0.229. The number of hydroxylamine groups is 2. The summed E-state index contributed by atoms with van der Waals surface area (Å²) in [6, 6.07) is 13.9. The molecule has 156 valence electrons. The number of Topliss-reactive ketones (excluding diaryl/α,β-unsaturated/α-hetero) is 1. The number of ketones is 1. The van der Waals surface area contributed by atoms with Crippen molar-refractivity contribution < 1.29 is 33.5 Å². The third kappa shape index (κ3) is 2.87. The Morgan fingerprint density at radius 2 is 1.77 bits per heavy atom. The van der Waals surface area contributed by atoms with Gasteiger partial charge in [-0.15, -0.1) is 0 Å². The number of rotatable bonds is 5. The molecule has 3 aliphatic heterocycles. The highest BCUT2D eigenvalue weighted by molar-refractivity contribution is 6.00. The second-order valence-corrected chi connectivity index (χ2v) is 7.32. The van der Waals surface area contributed by atoms with Gasteiger partial charge in [-0.2, -0.15) is 0 Å². The Bertz CT molecular complexity index is 976. The van der Waals surface area contributed by atoms with Gasteiger partial charge in [0.2, 0.25) is 6.10 Å². The molecule has 5 atom stereocenters. The van der Waals surface area contributed by atoms with Crippen LogP contribution in [0, 0.1) is 0 Å². The van der Waals surface area contributed by atoms with E-state index in [0.29, 0.717) is 17.1 Å². The maximum absolute atomic E-state index is 13.3. The predicted octanol–water partition coefficient (Wildman–Crippen LogP) is 2.28. The van der Waals surface area contributed by atoms with E-state index in [0.717, 1.165) is 5.56 Å². The van der Waals surface area contributed by atoms with E-state index in [1.165, 1.54) is 5.23 Å². The van der Waals surface area contributed by atoms with Crippen LogP contribution in [0.2, 0.25) is 0 Å². The molecule has 3 heterocycles. The van der Waals surface area contributed by atoms with Crippen molar-refractivity contribution in [3.05, 3.63) is 59.7 Å². The number of esters is 1. The van der Waals surface area contributed by atoms with Crippen LogP contribution in [0.5, 0.6) is 11.5 Å². The number of benzene rings is 2. The molecule has 3 aliphatic rings. The molecule has 0 spiro atoms. The van der Waals surface area contributed by atoms with E-state index >= 15 is 0 Å². The van der Waals surface area contributed by atoms with Gasteiger partial charge in [-0.05, 0) is 37.3 Å². The van der Waals surface area contributed by atoms with Crippen LogP contribution in [0.25, 0.3) is 0 Å². The first-order chi connectivity index (χ1) is 14.6. The Hall–Kier alpha value is -2.94. The lowest BCUT2D eigenvalue weighted by Gasteiger charge is -2.33. The van der Waals surface area contributed by atoms with Crippen molar-refractivity contribution in [1.82, 2.24) is 5.23 Å². The molecule has 0 aromatic heterocycles. The molecule has 0 aliphatic carbocycles. The summed E-state index contributed by atoms with van der Waals surface area (Å²) in [6.45, 7) is 1.96. The van der Waals surface area contributed by atoms with Crippen molar-refractivity contribution >= 4 is 11.8 Å². The Kier molecular flexibility index (Phi) is 4.69. The summed E-state index contributed by atoms with van der Waals surface area (Å²) in [5, 5.41) is 1.25. The van der Waals surface area contributed by atoms with Crippen LogP contribution in [0.15, 0.2) is 48.5 Å². The number of carbonyl (C=O) groups is 2. The molecule has 8 nitrogen and oxygen atoms in total. The molecule has 0 unspecified atom stereocenters. The average Bonchev–Trinajstić information content (AvgIpc) is 3.33. The van der Waals surface area contributed by atoms with Crippen LogP contribution in [0.3, 0.4) is 0 Å². The van der Waals surface area contributed by atoms with Gasteiger partial charge in [-0.1, -0.05) is 23.4 Å². The Balaban J connectivity index is 1.51. The first-order valence-electron chi connectivity index (χ1n) is 9.85. The number of carbonyl (C=O) groups excluding carboxylic acids is 2. The molecule has 2 aromatic rings. The van der Waals surface area contributed by atoms with E-state index in [4.69, 9.17) is 23.9 Å². The second kappa shape index (κ2) is 7.39. The number of para-hydroxylation sites is 1. The van der Waals surface area contributed by atoms with Crippen molar-refractivity contribution in [3.63, 3.8) is 0 Å². The smallest absolute Gasteiger partial charge is 0.341 e. The Morgan fingerprint density at radius 3 is 2.50 bits per heavy atom. The molecule has 5 rings (SSSR count). The zero-order chi connectivity index (χ0) is 20.8. The summed E-state index contributed by atoms with van der Waals surface area (Å²) < 4.78 is 16.4. The van der Waals surface area contributed by atoms with Crippen LogP contribution in [-0.4, -0.2) is 55.0 Å². The number of hydrogen-bond donors (Lipinski definition) is 0. The van der Waals surface area contributed by atoms with Gasteiger partial charge in [-0.3, -0.25) is 14.5 Å². The molecule has 0 bridgehead atoms.